The number of ether oxygens (including phenoxy) is 1. The Bertz CT molecular complexity index is 909. The van der Waals surface area contributed by atoms with Gasteiger partial charge in [-0.05, 0) is 45.6 Å². The first-order chi connectivity index (χ1) is 15.2. The van der Waals surface area contributed by atoms with Crippen LogP contribution in [0.2, 0.25) is 0 Å². The van der Waals surface area contributed by atoms with E-state index in [-0.39, 0.29) is 17.9 Å². The van der Waals surface area contributed by atoms with Gasteiger partial charge in [0.15, 0.2) is 0 Å². The first kappa shape index (κ1) is 22.6. The van der Waals surface area contributed by atoms with E-state index in [1.54, 1.807) is 13.8 Å². The summed E-state index contributed by atoms with van der Waals surface area (Å²) < 4.78 is 48.9. The molecular formula is C22H27F3N4O3. The average molecular weight is 452 g/mol. The van der Waals surface area contributed by atoms with E-state index in [1.807, 2.05) is 4.90 Å². The Labute approximate surface area is 184 Å². The molecule has 0 aliphatic carbocycles. The summed E-state index contributed by atoms with van der Waals surface area (Å²) in [6.45, 7) is 6.63. The van der Waals surface area contributed by atoms with Crippen molar-refractivity contribution in [3.63, 3.8) is 0 Å². The molecule has 32 heavy (non-hydrogen) atoms. The quantitative estimate of drug-likeness (QED) is 0.702. The SMILES string of the molecule is Cc1noc(C)c1C(=O)N1CCC(N2CCC(Oc3ccc(C(F)(F)F)cn3)CC2)CC1. The number of nitrogens with zero attached hydrogens (tertiary/aromatic N) is 4. The molecular weight excluding hydrogens is 425 g/mol. The summed E-state index contributed by atoms with van der Waals surface area (Å²) in [5.41, 5.74) is 0.413. The van der Waals surface area contributed by atoms with Crippen molar-refractivity contribution in [1.29, 1.82) is 0 Å². The average Bonchev–Trinajstić information content (AvgIpc) is 3.11. The van der Waals surface area contributed by atoms with Crippen LogP contribution in [0.3, 0.4) is 0 Å². The highest BCUT2D eigenvalue weighted by atomic mass is 19.4. The molecule has 0 spiro atoms. The number of rotatable bonds is 4. The monoisotopic (exact) mass is 452 g/mol. The van der Waals surface area contributed by atoms with Gasteiger partial charge in [0, 0.05) is 44.5 Å². The van der Waals surface area contributed by atoms with Gasteiger partial charge in [0.2, 0.25) is 5.88 Å². The predicted molar refractivity (Wildman–Crippen MR) is 109 cm³/mol. The smallest absolute Gasteiger partial charge is 0.417 e. The Kier molecular flexibility index (Phi) is 6.41. The number of carbonyl (C=O) groups is 1. The largest absolute Gasteiger partial charge is 0.474 e. The van der Waals surface area contributed by atoms with Gasteiger partial charge in [-0.25, -0.2) is 4.98 Å². The van der Waals surface area contributed by atoms with E-state index in [2.05, 4.69) is 15.0 Å². The Morgan fingerprint density at radius 1 is 1.09 bits per heavy atom. The van der Waals surface area contributed by atoms with E-state index in [0.717, 1.165) is 51.0 Å². The lowest BCUT2D eigenvalue weighted by molar-refractivity contribution is -0.137. The first-order valence-corrected chi connectivity index (χ1v) is 10.9. The highest BCUT2D eigenvalue weighted by Gasteiger charge is 2.33. The van der Waals surface area contributed by atoms with Crippen molar-refractivity contribution in [2.45, 2.75) is 57.9 Å². The van der Waals surface area contributed by atoms with Crippen LogP contribution in [-0.2, 0) is 6.18 Å². The lowest BCUT2D eigenvalue weighted by atomic mass is 9.98. The van der Waals surface area contributed by atoms with Crippen LogP contribution in [0.4, 0.5) is 13.2 Å². The number of aryl methyl sites for hydroxylation is 2. The van der Waals surface area contributed by atoms with Gasteiger partial charge in [0.1, 0.15) is 17.4 Å². The van der Waals surface area contributed by atoms with Crippen molar-refractivity contribution in [2.24, 2.45) is 0 Å². The zero-order valence-corrected chi connectivity index (χ0v) is 18.2. The third-order valence-corrected chi connectivity index (χ3v) is 6.34. The normalized spacial score (nSPS) is 19.3. The maximum absolute atomic E-state index is 12.8. The molecule has 2 aliphatic heterocycles. The fourth-order valence-corrected chi connectivity index (χ4v) is 4.53. The molecule has 7 nitrogen and oxygen atoms in total. The van der Waals surface area contributed by atoms with Crippen LogP contribution < -0.4 is 4.74 Å². The van der Waals surface area contributed by atoms with Gasteiger partial charge < -0.3 is 14.2 Å². The van der Waals surface area contributed by atoms with Gasteiger partial charge in [-0.2, -0.15) is 13.2 Å². The number of hydrogen-bond donors (Lipinski definition) is 0. The van der Waals surface area contributed by atoms with Gasteiger partial charge in [0.05, 0.1) is 11.3 Å². The number of pyridine rings is 1. The zero-order valence-electron chi connectivity index (χ0n) is 18.2. The molecule has 10 heteroatoms. The van der Waals surface area contributed by atoms with Crippen LogP contribution in [-0.4, -0.2) is 64.2 Å². The van der Waals surface area contributed by atoms with Crippen molar-refractivity contribution in [1.82, 2.24) is 19.9 Å². The molecule has 0 aromatic carbocycles. The molecule has 0 saturated carbocycles. The van der Waals surface area contributed by atoms with Crippen LogP contribution >= 0.6 is 0 Å². The van der Waals surface area contributed by atoms with Crippen LogP contribution in [0, 0.1) is 13.8 Å². The van der Waals surface area contributed by atoms with Gasteiger partial charge in [-0.1, -0.05) is 5.16 Å². The molecule has 0 atom stereocenters. The second-order valence-corrected chi connectivity index (χ2v) is 8.46. The molecule has 0 N–H and O–H groups in total. The summed E-state index contributed by atoms with van der Waals surface area (Å²) in [6.07, 6.45) is -0.257. The van der Waals surface area contributed by atoms with E-state index in [4.69, 9.17) is 9.26 Å². The minimum Gasteiger partial charge on any atom is -0.474 e. The number of carbonyl (C=O) groups excluding carboxylic acids is 1. The Hall–Kier alpha value is -2.62. The lowest BCUT2D eigenvalue weighted by Gasteiger charge is -2.41. The number of hydrogen-bond acceptors (Lipinski definition) is 6. The Morgan fingerprint density at radius 2 is 1.78 bits per heavy atom. The Balaban J connectivity index is 1.24. The van der Waals surface area contributed by atoms with Crippen molar-refractivity contribution < 1.29 is 27.2 Å². The number of likely N-dealkylation sites (tertiary alicyclic amines) is 2. The maximum Gasteiger partial charge on any atom is 0.417 e. The fraction of sp³-hybridized carbons (Fsp3) is 0.591. The van der Waals surface area contributed by atoms with Crippen molar-refractivity contribution in [2.75, 3.05) is 26.2 Å². The topological polar surface area (TPSA) is 71.7 Å². The molecule has 2 aromatic rings. The molecule has 4 heterocycles. The third-order valence-electron chi connectivity index (χ3n) is 6.34. The van der Waals surface area contributed by atoms with Crippen LogP contribution in [0.1, 0.15) is 53.1 Å². The molecule has 2 fully saturated rings. The van der Waals surface area contributed by atoms with E-state index in [1.165, 1.54) is 6.07 Å². The summed E-state index contributed by atoms with van der Waals surface area (Å²) in [5.74, 6) is 0.762. The highest BCUT2D eigenvalue weighted by Crippen LogP contribution is 2.30. The predicted octanol–water partition coefficient (Wildman–Crippen LogP) is 3.85. The van der Waals surface area contributed by atoms with Gasteiger partial charge in [0.25, 0.3) is 5.91 Å². The fourth-order valence-electron chi connectivity index (χ4n) is 4.53. The summed E-state index contributed by atoms with van der Waals surface area (Å²) in [5, 5.41) is 3.88. The third kappa shape index (κ3) is 4.90. The second kappa shape index (κ2) is 9.09. The number of halogens is 3. The minimum absolute atomic E-state index is 0.0177. The minimum atomic E-state index is -4.40. The van der Waals surface area contributed by atoms with Crippen LogP contribution in [0.15, 0.2) is 22.9 Å². The van der Waals surface area contributed by atoms with E-state index in [0.29, 0.717) is 36.1 Å². The Morgan fingerprint density at radius 3 is 2.31 bits per heavy atom. The van der Waals surface area contributed by atoms with Crippen molar-refractivity contribution >= 4 is 5.91 Å². The molecule has 2 aliphatic rings. The summed E-state index contributed by atoms with van der Waals surface area (Å²) in [4.78, 5) is 20.9. The lowest BCUT2D eigenvalue weighted by Crippen LogP contribution is -2.50. The highest BCUT2D eigenvalue weighted by molar-refractivity contribution is 5.96. The second-order valence-electron chi connectivity index (χ2n) is 8.46. The summed E-state index contributed by atoms with van der Waals surface area (Å²) in [6, 6.07) is 2.68. The molecule has 0 unspecified atom stereocenters. The maximum atomic E-state index is 12.8. The molecule has 174 valence electrons. The van der Waals surface area contributed by atoms with Crippen LogP contribution in [0.5, 0.6) is 5.88 Å². The standard InChI is InChI=1S/C22H27F3N4O3/c1-14-20(15(2)32-27-14)21(30)29-9-5-17(6-10-29)28-11-7-18(8-12-28)31-19-4-3-16(13-26-19)22(23,24)25/h3-4,13,17-18H,5-12H2,1-2H3. The van der Waals surface area contributed by atoms with Crippen molar-refractivity contribution in [3.8, 4) is 5.88 Å². The molecule has 0 bridgehead atoms. The van der Waals surface area contributed by atoms with Crippen LogP contribution in [0.25, 0.3) is 0 Å². The molecule has 4 rings (SSSR count). The van der Waals surface area contributed by atoms with E-state index in [9.17, 15) is 18.0 Å². The van der Waals surface area contributed by atoms with E-state index < -0.39 is 11.7 Å². The summed E-state index contributed by atoms with van der Waals surface area (Å²) in [7, 11) is 0. The van der Waals surface area contributed by atoms with Crippen molar-refractivity contribution in [3.05, 3.63) is 40.9 Å². The molecule has 2 aromatic heterocycles. The number of alkyl halides is 3. The number of piperidine rings is 2. The number of aromatic nitrogens is 2. The van der Waals surface area contributed by atoms with Gasteiger partial charge in [-0.3, -0.25) is 9.69 Å². The molecule has 1 amide bonds. The molecule has 2 saturated heterocycles. The first-order valence-electron chi connectivity index (χ1n) is 10.9. The molecule has 0 radical (unpaired) electrons. The van der Waals surface area contributed by atoms with E-state index >= 15 is 0 Å². The number of amides is 1. The summed E-state index contributed by atoms with van der Waals surface area (Å²) >= 11 is 0. The van der Waals surface area contributed by atoms with Gasteiger partial charge in [-0.15, -0.1) is 0 Å². The zero-order chi connectivity index (χ0) is 22.9. The van der Waals surface area contributed by atoms with Gasteiger partial charge >= 0.3 is 6.18 Å².